The van der Waals surface area contributed by atoms with Gasteiger partial charge in [-0.2, -0.15) is 0 Å². The fraction of sp³-hybridized carbons (Fsp3) is 0.333. The smallest absolute Gasteiger partial charge is 0.410 e. The summed E-state index contributed by atoms with van der Waals surface area (Å²) >= 11 is 11.7. The third-order valence-corrected chi connectivity index (χ3v) is 2.62. The minimum absolute atomic E-state index is 0.332. The summed E-state index contributed by atoms with van der Waals surface area (Å²) in [6.45, 7) is 1.30. The molecule has 0 aliphatic carbocycles. The number of carbonyl (C=O) groups is 1. The molecule has 80 valence electrons. The highest BCUT2D eigenvalue weighted by atomic mass is 35.5. The fourth-order valence-electron chi connectivity index (χ4n) is 1.32. The third-order valence-electron chi connectivity index (χ3n) is 2.07. The molecule has 0 bridgehead atoms. The number of rotatable bonds is 2. The average Bonchev–Trinajstić information content (AvgIpc) is 2.58. The Morgan fingerprint density at radius 3 is 2.93 bits per heavy atom. The van der Waals surface area contributed by atoms with E-state index in [1.807, 2.05) is 0 Å². The lowest BCUT2D eigenvalue weighted by atomic mass is 10.3. The van der Waals surface area contributed by atoms with E-state index in [0.29, 0.717) is 35.6 Å². The fourth-order valence-corrected chi connectivity index (χ4v) is 1.65. The molecule has 0 saturated carbocycles. The summed E-state index contributed by atoms with van der Waals surface area (Å²) in [5.74, 6) is 0. The predicted octanol–water partition coefficient (Wildman–Crippen LogP) is 2.34. The standard InChI is InChI=1S/C9H8Cl2N2O2/c10-6-1-2-8(11)12-7(6)5-13-3-4-15-9(13)14/h1-2H,3-5H2. The van der Waals surface area contributed by atoms with Gasteiger partial charge in [0.15, 0.2) is 0 Å². The molecule has 0 radical (unpaired) electrons. The summed E-state index contributed by atoms with van der Waals surface area (Å²) in [6, 6.07) is 3.27. The van der Waals surface area contributed by atoms with Gasteiger partial charge >= 0.3 is 6.09 Å². The number of aromatic nitrogens is 1. The Labute approximate surface area is 96.7 Å². The van der Waals surface area contributed by atoms with Gasteiger partial charge in [0, 0.05) is 0 Å². The van der Waals surface area contributed by atoms with Gasteiger partial charge < -0.3 is 4.74 Å². The Kier molecular flexibility index (Phi) is 2.98. The van der Waals surface area contributed by atoms with Crippen molar-refractivity contribution in [1.82, 2.24) is 9.88 Å². The van der Waals surface area contributed by atoms with Crippen molar-refractivity contribution in [3.8, 4) is 0 Å². The second-order valence-corrected chi connectivity index (χ2v) is 3.89. The van der Waals surface area contributed by atoms with Crippen molar-refractivity contribution in [2.45, 2.75) is 6.54 Å². The Hall–Kier alpha value is -1.000. The maximum absolute atomic E-state index is 11.2. The highest BCUT2D eigenvalue weighted by Gasteiger charge is 2.23. The number of halogens is 2. The molecule has 0 atom stereocenters. The summed E-state index contributed by atoms with van der Waals surface area (Å²) in [4.78, 5) is 16.8. The molecule has 6 heteroatoms. The molecule has 1 aliphatic rings. The van der Waals surface area contributed by atoms with Crippen molar-refractivity contribution >= 4 is 29.3 Å². The molecule has 1 fully saturated rings. The average molecular weight is 247 g/mol. The molecule has 4 nitrogen and oxygen atoms in total. The highest BCUT2D eigenvalue weighted by molar-refractivity contribution is 6.32. The van der Waals surface area contributed by atoms with Gasteiger partial charge in [0.2, 0.25) is 0 Å². The lowest BCUT2D eigenvalue weighted by Crippen LogP contribution is -2.24. The van der Waals surface area contributed by atoms with Crippen LogP contribution in [0.5, 0.6) is 0 Å². The lowest BCUT2D eigenvalue weighted by Gasteiger charge is -2.12. The van der Waals surface area contributed by atoms with Crippen molar-refractivity contribution in [2.24, 2.45) is 0 Å². The van der Waals surface area contributed by atoms with Crippen LogP contribution in [-0.4, -0.2) is 29.1 Å². The summed E-state index contributed by atoms with van der Waals surface area (Å²) < 4.78 is 4.79. The van der Waals surface area contributed by atoms with E-state index < -0.39 is 0 Å². The molecule has 2 rings (SSSR count). The summed E-state index contributed by atoms with van der Waals surface area (Å²) in [7, 11) is 0. The first-order chi connectivity index (χ1) is 7.16. The predicted molar refractivity (Wildman–Crippen MR) is 56.0 cm³/mol. The van der Waals surface area contributed by atoms with Gasteiger partial charge in [0.05, 0.1) is 23.8 Å². The van der Waals surface area contributed by atoms with Crippen LogP contribution in [0.15, 0.2) is 12.1 Å². The minimum Gasteiger partial charge on any atom is -0.448 e. The summed E-state index contributed by atoms with van der Waals surface area (Å²) in [6.07, 6.45) is -0.340. The maximum Gasteiger partial charge on any atom is 0.410 e. The van der Waals surface area contributed by atoms with E-state index in [-0.39, 0.29) is 6.09 Å². The van der Waals surface area contributed by atoms with Crippen LogP contribution in [0.4, 0.5) is 4.79 Å². The molecule has 0 spiro atoms. The van der Waals surface area contributed by atoms with Crippen LogP contribution in [-0.2, 0) is 11.3 Å². The molecule has 1 aromatic heterocycles. The number of ether oxygens (including phenoxy) is 1. The largest absolute Gasteiger partial charge is 0.448 e. The van der Waals surface area contributed by atoms with Crippen LogP contribution in [0.2, 0.25) is 10.2 Å². The second-order valence-electron chi connectivity index (χ2n) is 3.10. The van der Waals surface area contributed by atoms with Crippen molar-refractivity contribution in [1.29, 1.82) is 0 Å². The summed E-state index contributed by atoms with van der Waals surface area (Å²) in [5, 5.41) is 0.862. The van der Waals surface area contributed by atoms with Crippen molar-refractivity contribution in [3.05, 3.63) is 28.0 Å². The van der Waals surface area contributed by atoms with E-state index in [1.54, 1.807) is 12.1 Å². The maximum atomic E-state index is 11.2. The molecule has 2 heterocycles. The molecular weight excluding hydrogens is 239 g/mol. The quantitative estimate of drug-likeness (QED) is 0.753. The Bertz CT molecular complexity index is 398. The van der Waals surface area contributed by atoms with E-state index in [0.717, 1.165) is 0 Å². The van der Waals surface area contributed by atoms with Crippen molar-refractivity contribution < 1.29 is 9.53 Å². The summed E-state index contributed by atoms with van der Waals surface area (Å²) in [5.41, 5.74) is 0.586. The number of nitrogens with zero attached hydrogens (tertiary/aromatic N) is 2. The second kappa shape index (κ2) is 4.24. The molecule has 0 aromatic carbocycles. The monoisotopic (exact) mass is 246 g/mol. The van der Waals surface area contributed by atoms with E-state index in [9.17, 15) is 4.79 Å². The molecule has 1 aromatic rings. The number of pyridine rings is 1. The molecule has 0 unspecified atom stereocenters. The molecule has 1 aliphatic heterocycles. The van der Waals surface area contributed by atoms with E-state index >= 15 is 0 Å². The zero-order valence-corrected chi connectivity index (χ0v) is 9.25. The molecule has 15 heavy (non-hydrogen) atoms. The van der Waals surface area contributed by atoms with Crippen LogP contribution < -0.4 is 0 Å². The normalized spacial score (nSPS) is 15.6. The van der Waals surface area contributed by atoms with Crippen molar-refractivity contribution in [2.75, 3.05) is 13.2 Å². The van der Waals surface area contributed by atoms with Gasteiger partial charge in [-0.05, 0) is 12.1 Å². The van der Waals surface area contributed by atoms with Crippen LogP contribution in [0.1, 0.15) is 5.69 Å². The zero-order valence-electron chi connectivity index (χ0n) is 7.74. The van der Waals surface area contributed by atoms with E-state index in [1.165, 1.54) is 4.90 Å². The minimum atomic E-state index is -0.340. The van der Waals surface area contributed by atoms with Crippen molar-refractivity contribution in [3.63, 3.8) is 0 Å². The van der Waals surface area contributed by atoms with Crippen LogP contribution in [0.3, 0.4) is 0 Å². The number of carbonyl (C=O) groups excluding carboxylic acids is 1. The Balaban J connectivity index is 2.16. The van der Waals surface area contributed by atoms with Crippen LogP contribution in [0, 0.1) is 0 Å². The number of cyclic esters (lactones) is 1. The molecule has 1 saturated heterocycles. The van der Waals surface area contributed by atoms with Gasteiger partial charge in [-0.25, -0.2) is 9.78 Å². The SMILES string of the molecule is O=C1OCCN1Cc1nc(Cl)ccc1Cl. The lowest BCUT2D eigenvalue weighted by molar-refractivity contribution is 0.157. The van der Waals surface area contributed by atoms with E-state index in [4.69, 9.17) is 27.9 Å². The highest BCUT2D eigenvalue weighted by Crippen LogP contribution is 2.19. The number of amides is 1. The number of hydrogen-bond donors (Lipinski definition) is 0. The van der Waals surface area contributed by atoms with Gasteiger partial charge in [0.1, 0.15) is 11.8 Å². The first-order valence-corrected chi connectivity index (χ1v) is 5.15. The Morgan fingerprint density at radius 2 is 2.27 bits per heavy atom. The van der Waals surface area contributed by atoms with Gasteiger partial charge in [-0.1, -0.05) is 23.2 Å². The topological polar surface area (TPSA) is 42.4 Å². The third kappa shape index (κ3) is 2.33. The van der Waals surface area contributed by atoms with Gasteiger partial charge in [-0.3, -0.25) is 4.90 Å². The van der Waals surface area contributed by atoms with E-state index in [2.05, 4.69) is 4.98 Å². The number of hydrogen-bond acceptors (Lipinski definition) is 3. The zero-order chi connectivity index (χ0) is 10.8. The van der Waals surface area contributed by atoms with Crippen LogP contribution >= 0.6 is 23.2 Å². The van der Waals surface area contributed by atoms with Crippen LogP contribution in [0.25, 0.3) is 0 Å². The van der Waals surface area contributed by atoms with Gasteiger partial charge in [-0.15, -0.1) is 0 Å². The van der Waals surface area contributed by atoms with Gasteiger partial charge in [0.25, 0.3) is 0 Å². The molecule has 1 amide bonds. The first kappa shape index (κ1) is 10.5. The molecular formula is C9H8Cl2N2O2. The Morgan fingerprint density at radius 1 is 1.47 bits per heavy atom. The first-order valence-electron chi connectivity index (χ1n) is 4.39. The molecule has 0 N–H and O–H groups in total.